The van der Waals surface area contributed by atoms with Crippen molar-refractivity contribution in [3.05, 3.63) is 78.0 Å². The first-order valence-electron chi connectivity index (χ1n) is 6.83. The summed E-state index contributed by atoms with van der Waals surface area (Å²) >= 11 is 0. The highest BCUT2D eigenvalue weighted by molar-refractivity contribution is 5.72. The summed E-state index contributed by atoms with van der Waals surface area (Å²) < 4.78 is 0. The van der Waals surface area contributed by atoms with Crippen molar-refractivity contribution in [2.24, 2.45) is 0 Å². The zero-order valence-electron chi connectivity index (χ0n) is 11.8. The summed E-state index contributed by atoms with van der Waals surface area (Å²) in [5.41, 5.74) is 7.19. The van der Waals surface area contributed by atoms with Gasteiger partial charge in [0.25, 0.3) is 0 Å². The van der Waals surface area contributed by atoms with Crippen LogP contribution in [0.15, 0.2) is 66.9 Å². The average molecular weight is 259 g/mol. The maximum Gasteiger partial charge on any atom is 0.0710 e. The molecule has 0 spiro atoms. The minimum absolute atomic E-state index is 1.03. The Bertz CT molecular complexity index is 730. The van der Waals surface area contributed by atoms with E-state index in [0.717, 1.165) is 5.69 Å². The van der Waals surface area contributed by atoms with Gasteiger partial charge in [0.15, 0.2) is 0 Å². The van der Waals surface area contributed by atoms with Crippen LogP contribution in [0.4, 0.5) is 0 Å². The minimum atomic E-state index is 1.03. The highest BCUT2D eigenvalue weighted by Crippen LogP contribution is 2.27. The molecule has 0 aliphatic heterocycles. The van der Waals surface area contributed by atoms with E-state index in [1.54, 1.807) is 0 Å². The van der Waals surface area contributed by atoms with Crippen LogP contribution in [0.1, 0.15) is 11.1 Å². The third kappa shape index (κ3) is 2.48. The topological polar surface area (TPSA) is 12.9 Å². The smallest absolute Gasteiger partial charge is 0.0710 e. The molecule has 0 atom stereocenters. The van der Waals surface area contributed by atoms with Gasteiger partial charge in [0.2, 0.25) is 0 Å². The van der Waals surface area contributed by atoms with E-state index in [9.17, 15) is 0 Å². The lowest BCUT2D eigenvalue weighted by Crippen LogP contribution is -1.89. The summed E-state index contributed by atoms with van der Waals surface area (Å²) in [6, 6.07) is 21.1. The van der Waals surface area contributed by atoms with Crippen molar-refractivity contribution >= 4 is 0 Å². The molecule has 0 saturated heterocycles. The number of aryl methyl sites for hydroxylation is 2. The number of benzene rings is 2. The van der Waals surface area contributed by atoms with Crippen molar-refractivity contribution in [1.29, 1.82) is 0 Å². The minimum Gasteiger partial charge on any atom is -0.256 e. The Morgan fingerprint density at radius 3 is 2.35 bits per heavy atom. The van der Waals surface area contributed by atoms with Crippen LogP contribution in [0.2, 0.25) is 0 Å². The molecule has 3 rings (SSSR count). The van der Waals surface area contributed by atoms with Gasteiger partial charge in [0.1, 0.15) is 0 Å². The molecule has 1 heteroatoms. The molecule has 1 aromatic heterocycles. The number of hydrogen-bond acceptors (Lipinski definition) is 1. The van der Waals surface area contributed by atoms with Crippen molar-refractivity contribution in [3.63, 3.8) is 0 Å². The van der Waals surface area contributed by atoms with E-state index in [-0.39, 0.29) is 0 Å². The Hall–Kier alpha value is -2.41. The third-order valence-electron chi connectivity index (χ3n) is 3.54. The Labute approximate surface area is 119 Å². The predicted octanol–water partition coefficient (Wildman–Crippen LogP) is 5.03. The first-order chi connectivity index (χ1) is 9.74. The van der Waals surface area contributed by atoms with Crippen LogP contribution in [0.25, 0.3) is 22.4 Å². The number of rotatable bonds is 2. The number of aromatic nitrogens is 1. The zero-order chi connectivity index (χ0) is 13.9. The predicted molar refractivity (Wildman–Crippen MR) is 84.6 cm³/mol. The first kappa shape index (κ1) is 12.6. The fourth-order valence-electron chi connectivity index (χ4n) is 2.40. The van der Waals surface area contributed by atoms with Gasteiger partial charge in [-0.05, 0) is 48.7 Å². The molecule has 0 aliphatic rings. The highest BCUT2D eigenvalue weighted by atomic mass is 14.7. The van der Waals surface area contributed by atoms with Crippen LogP contribution in [0.3, 0.4) is 0 Å². The van der Waals surface area contributed by atoms with Gasteiger partial charge in [-0.3, -0.25) is 4.98 Å². The summed E-state index contributed by atoms with van der Waals surface area (Å²) in [4.78, 5) is 4.54. The van der Waals surface area contributed by atoms with Crippen molar-refractivity contribution in [3.8, 4) is 22.4 Å². The highest BCUT2D eigenvalue weighted by Gasteiger charge is 2.05. The number of nitrogens with zero attached hydrogens (tertiary/aromatic N) is 1. The molecule has 1 heterocycles. The normalized spacial score (nSPS) is 10.5. The summed E-state index contributed by atoms with van der Waals surface area (Å²) in [6.07, 6.45) is 1.89. The first-order valence-corrected chi connectivity index (χ1v) is 6.83. The summed E-state index contributed by atoms with van der Waals surface area (Å²) in [5.74, 6) is 0. The van der Waals surface area contributed by atoms with Gasteiger partial charge in [0.05, 0.1) is 5.69 Å². The molecule has 1 nitrogen and oxygen atoms in total. The molecule has 0 saturated carbocycles. The molecular formula is C19H17N. The van der Waals surface area contributed by atoms with E-state index in [4.69, 9.17) is 0 Å². The van der Waals surface area contributed by atoms with E-state index in [0.29, 0.717) is 0 Å². The molecule has 0 fully saturated rings. The molecule has 2 aromatic carbocycles. The molecule has 0 aliphatic carbocycles. The summed E-state index contributed by atoms with van der Waals surface area (Å²) in [6.45, 7) is 4.25. The average Bonchev–Trinajstić information content (AvgIpc) is 2.51. The van der Waals surface area contributed by atoms with Gasteiger partial charge in [-0.25, -0.2) is 0 Å². The van der Waals surface area contributed by atoms with E-state index >= 15 is 0 Å². The molecule has 0 radical (unpaired) electrons. The number of hydrogen-bond donors (Lipinski definition) is 0. The Kier molecular flexibility index (Phi) is 3.34. The van der Waals surface area contributed by atoms with Gasteiger partial charge < -0.3 is 0 Å². The largest absolute Gasteiger partial charge is 0.256 e. The molecule has 0 bridgehead atoms. The van der Waals surface area contributed by atoms with E-state index in [1.807, 2.05) is 12.3 Å². The molecular weight excluding hydrogens is 242 g/mol. The SMILES string of the molecule is Cc1ccc(C)c(-c2cc(-c3ccccc3)ccn2)c1. The van der Waals surface area contributed by atoms with Gasteiger partial charge in [-0.15, -0.1) is 0 Å². The molecule has 20 heavy (non-hydrogen) atoms. The van der Waals surface area contributed by atoms with Crippen LogP contribution in [-0.2, 0) is 0 Å². The Morgan fingerprint density at radius 1 is 0.750 bits per heavy atom. The van der Waals surface area contributed by atoms with Crippen LogP contribution in [0.5, 0.6) is 0 Å². The lowest BCUT2D eigenvalue weighted by Gasteiger charge is -2.08. The van der Waals surface area contributed by atoms with Crippen molar-refractivity contribution < 1.29 is 0 Å². The number of pyridine rings is 1. The molecule has 98 valence electrons. The summed E-state index contributed by atoms with van der Waals surface area (Å²) in [7, 11) is 0. The maximum absolute atomic E-state index is 4.54. The fourth-order valence-corrected chi connectivity index (χ4v) is 2.40. The van der Waals surface area contributed by atoms with Crippen LogP contribution in [-0.4, -0.2) is 4.98 Å². The second kappa shape index (κ2) is 5.30. The molecule has 0 N–H and O–H groups in total. The van der Waals surface area contributed by atoms with E-state index in [1.165, 1.54) is 27.8 Å². The molecule has 0 unspecified atom stereocenters. The fraction of sp³-hybridized carbons (Fsp3) is 0.105. The van der Waals surface area contributed by atoms with Crippen LogP contribution >= 0.6 is 0 Å². The van der Waals surface area contributed by atoms with Crippen molar-refractivity contribution in [2.45, 2.75) is 13.8 Å². The van der Waals surface area contributed by atoms with Crippen LogP contribution < -0.4 is 0 Å². The Balaban J connectivity index is 2.10. The summed E-state index contributed by atoms with van der Waals surface area (Å²) in [5, 5.41) is 0. The Morgan fingerprint density at radius 2 is 1.55 bits per heavy atom. The lowest BCUT2D eigenvalue weighted by atomic mass is 9.99. The lowest BCUT2D eigenvalue weighted by molar-refractivity contribution is 1.29. The maximum atomic E-state index is 4.54. The molecule has 3 aromatic rings. The van der Waals surface area contributed by atoms with Gasteiger partial charge in [-0.1, -0.05) is 48.0 Å². The van der Waals surface area contributed by atoms with Gasteiger partial charge >= 0.3 is 0 Å². The quantitative estimate of drug-likeness (QED) is 0.628. The van der Waals surface area contributed by atoms with Gasteiger partial charge in [-0.2, -0.15) is 0 Å². The monoisotopic (exact) mass is 259 g/mol. The second-order valence-electron chi connectivity index (χ2n) is 5.11. The second-order valence-corrected chi connectivity index (χ2v) is 5.11. The van der Waals surface area contributed by atoms with Crippen molar-refractivity contribution in [2.75, 3.05) is 0 Å². The zero-order valence-corrected chi connectivity index (χ0v) is 11.8. The molecule has 0 amide bonds. The van der Waals surface area contributed by atoms with Crippen molar-refractivity contribution in [1.82, 2.24) is 4.98 Å². The van der Waals surface area contributed by atoms with E-state index in [2.05, 4.69) is 73.4 Å². The third-order valence-corrected chi connectivity index (χ3v) is 3.54. The standard InChI is InChI=1S/C19H17N/c1-14-8-9-15(2)18(12-14)19-13-17(10-11-20-19)16-6-4-3-5-7-16/h3-13H,1-2H3. The van der Waals surface area contributed by atoms with Crippen LogP contribution in [0, 0.1) is 13.8 Å². The van der Waals surface area contributed by atoms with E-state index < -0.39 is 0 Å². The van der Waals surface area contributed by atoms with Gasteiger partial charge in [0, 0.05) is 11.8 Å².